The molecule has 1 fully saturated rings. The molecule has 3 heteroatoms. The van der Waals surface area contributed by atoms with Crippen LogP contribution in [0.2, 0.25) is 0 Å². The molecule has 2 nitrogen and oxygen atoms in total. The molecule has 1 aliphatic rings. The van der Waals surface area contributed by atoms with Crippen LogP contribution in [0.3, 0.4) is 0 Å². The topological polar surface area (TPSA) is 26.3 Å². The van der Waals surface area contributed by atoms with Gasteiger partial charge in [0.2, 0.25) is 0 Å². The maximum Gasteiger partial charge on any atom is 0.321 e. The highest BCUT2D eigenvalue weighted by Gasteiger charge is 2.33. The van der Waals surface area contributed by atoms with E-state index in [0.717, 1.165) is 0 Å². The van der Waals surface area contributed by atoms with E-state index >= 15 is 0 Å². The fraction of sp³-hybridized carbons (Fsp3) is 0.909. The van der Waals surface area contributed by atoms with Crippen molar-refractivity contribution in [3.05, 3.63) is 0 Å². The molecule has 0 aliphatic heterocycles. The molecular weight excluding hydrogens is 196 g/mol. The van der Waals surface area contributed by atoms with E-state index in [9.17, 15) is 4.79 Å². The highest BCUT2D eigenvalue weighted by molar-refractivity contribution is 8.01. The van der Waals surface area contributed by atoms with E-state index in [4.69, 9.17) is 4.74 Å². The van der Waals surface area contributed by atoms with Gasteiger partial charge < -0.3 is 4.74 Å². The molecule has 0 radical (unpaired) electrons. The van der Waals surface area contributed by atoms with E-state index in [2.05, 4.69) is 0 Å². The van der Waals surface area contributed by atoms with E-state index in [1.54, 1.807) is 11.8 Å². The van der Waals surface area contributed by atoms with Crippen molar-refractivity contribution in [3.63, 3.8) is 0 Å². The Labute approximate surface area is 90.8 Å². The van der Waals surface area contributed by atoms with E-state index in [-0.39, 0.29) is 10.7 Å². The second-order valence-electron chi connectivity index (χ2n) is 4.26. The summed E-state index contributed by atoms with van der Waals surface area (Å²) in [7, 11) is 0. The fourth-order valence-corrected chi connectivity index (χ4v) is 3.33. The van der Waals surface area contributed by atoms with Gasteiger partial charge in [-0.25, -0.2) is 0 Å². The Balaban J connectivity index is 2.42. The summed E-state index contributed by atoms with van der Waals surface area (Å²) < 4.78 is 4.69. The third kappa shape index (κ3) is 3.19. The largest absolute Gasteiger partial charge is 0.465 e. The Morgan fingerprint density at radius 2 is 2.00 bits per heavy atom. The minimum Gasteiger partial charge on any atom is -0.465 e. The van der Waals surface area contributed by atoms with Gasteiger partial charge in [-0.15, -0.1) is 11.8 Å². The molecular formula is C11H20O2S. The molecule has 0 amide bonds. The predicted molar refractivity (Wildman–Crippen MR) is 60.6 cm³/mol. The molecule has 82 valence electrons. The molecule has 0 unspecified atom stereocenters. The van der Waals surface area contributed by atoms with Crippen LogP contribution in [0.15, 0.2) is 0 Å². The molecule has 0 aromatic carbocycles. The molecule has 0 heterocycles. The zero-order chi connectivity index (χ0) is 10.6. The van der Waals surface area contributed by atoms with Crippen LogP contribution in [0.1, 0.15) is 46.5 Å². The van der Waals surface area contributed by atoms with Crippen LogP contribution in [-0.2, 0) is 9.53 Å². The summed E-state index contributed by atoms with van der Waals surface area (Å²) in [4.78, 5) is 11.6. The molecule has 0 saturated heterocycles. The number of carbonyl (C=O) groups excluding carboxylic acids is 1. The van der Waals surface area contributed by atoms with E-state index in [1.807, 2.05) is 20.8 Å². The summed E-state index contributed by atoms with van der Waals surface area (Å²) in [6, 6.07) is 0. The molecule has 0 aromatic heterocycles. The molecule has 0 aromatic rings. The third-order valence-corrected chi connectivity index (χ3v) is 4.09. The number of rotatable bonds is 4. The Morgan fingerprint density at radius 3 is 2.50 bits per heavy atom. The lowest BCUT2D eigenvalue weighted by atomic mass is 10.2. The van der Waals surface area contributed by atoms with Crippen molar-refractivity contribution in [2.75, 3.05) is 6.61 Å². The first-order valence-electron chi connectivity index (χ1n) is 5.41. The summed E-state index contributed by atoms with van der Waals surface area (Å²) in [5.74, 6) is -0.0723. The van der Waals surface area contributed by atoms with Crippen LogP contribution >= 0.6 is 11.8 Å². The van der Waals surface area contributed by atoms with Crippen LogP contribution in [0.25, 0.3) is 0 Å². The Morgan fingerprint density at radius 1 is 1.43 bits per heavy atom. The van der Waals surface area contributed by atoms with Crippen LogP contribution in [-0.4, -0.2) is 22.6 Å². The van der Waals surface area contributed by atoms with Gasteiger partial charge in [-0.2, -0.15) is 0 Å². The first-order valence-corrected chi connectivity index (χ1v) is 6.29. The smallest absolute Gasteiger partial charge is 0.321 e. The van der Waals surface area contributed by atoms with Gasteiger partial charge in [0.05, 0.1) is 6.61 Å². The molecule has 0 bridgehead atoms. The second kappa shape index (κ2) is 5.06. The first kappa shape index (κ1) is 11.9. The molecule has 0 N–H and O–H groups in total. The number of thioether (sulfide) groups is 1. The second-order valence-corrected chi connectivity index (χ2v) is 6.18. The predicted octanol–water partition coefficient (Wildman–Crippen LogP) is 3.00. The van der Waals surface area contributed by atoms with Crippen LogP contribution in [0.4, 0.5) is 0 Å². The van der Waals surface area contributed by atoms with Crippen molar-refractivity contribution in [1.29, 1.82) is 0 Å². The van der Waals surface area contributed by atoms with E-state index in [1.165, 1.54) is 25.7 Å². The Bertz CT molecular complexity index is 195. The van der Waals surface area contributed by atoms with Gasteiger partial charge in [-0.05, 0) is 33.6 Å². The third-order valence-electron chi connectivity index (χ3n) is 2.53. The van der Waals surface area contributed by atoms with Gasteiger partial charge in [-0.1, -0.05) is 12.8 Å². The van der Waals surface area contributed by atoms with Crippen molar-refractivity contribution < 1.29 is 9.53 Å². The van der Waals surface area contributed by atoms with E-state index in [0.29, 0.717) is 11.9 Å². The number of esters is 1. The normalized spacial score (nSPS) is 18.5. The van der Waals surface area contributed by atoms with Crippen molar-refractivity contribution in [2.24, 2.45) is 0 Å². The summed E-state index contributed by atoms with van der Waals surface area (Å²) in [5.41, 5.74) is 0. The Kier molecular flexibility index (Phi) is 4.30. The standard InChI is InChI=1S/C11H20O2S/c1-4-13-10(12)11(2,3)14-9-7-5-6-8-9/h9H,4-8H2,1-3H3. The molecule has 0 spiro atoms. The van der Waals surface area contributed by atoms with Gasteiger partial charge in [0.15, 0.2) is 0 Å². The van der Waals surface area contributed by atoms with Gasteiger partial charge in [0.1, 0.15) is 4.75 Å². The van der Waals surface area contributed by atoms with Crippen molar-refractivity contribution >= 4 is 17.7 Å². The highest BCUT2D eigenvalue weighted by atomic mass is 32.2. The van der Waals surface area contributed by atoms with Crippen LogP contribution in [0.5, 0.6) is 0 Å². The zero-order valence-electron chi connectivity index (χ0n) is 9.34. The summed E-state index contributed by atoms with van der Waals surface area (Å²) in [6.07, 6.45) is 5.15. The summed E-state index contributed by atoms with van der Waals surface area (Å²) in [6.45, 7) is 6.27. The molecule has 1 rings (SSSR count). The summed E-state index contributed by atoms with van der Waals surface area (Å²) in [5, 5.41) is 0.661. The summed E-state index contributed by atoms with van der Waals surface area (Å²) >= 11 is 1.78. The maximum atomic E-state index is 11.6. The lowest BCUT2D eigenvalue weighted by Gasteiger charge is -2.24. The van der Waals surface area contributed by atoms with Gasteiger partial charge in [0.25, 0.3) is 0 Å². The fourth-order valence-electron chi connectivity index (χ4n) is 1.78. The van der Waals surface area contributed by atoms with Crippen molar-refractivity contribution in [3.8, 4) is 0 Å². The first-order chi connectivity index (χ1) is 6.56. The average molecular weight is 216 g/mol. The van der Waals surface area contributed by atoms with Crippen LogP contribution < -0.4 is 0 Å². The van der Waals surface area contributed by atoms with Crippen molar-refractivity contribution in [1.82, 2.24) is 0 Å². The number of carbonyl (C=O) groups is 1. The van der Waals surface area contributed by atoms with Crippen LogP contribution in [0, 0.1) is 0 Å². The molecule has 1 saturated carbocycles. The molecule has 0 atom stereocenters. The van der Waals surface area contributed by atoms with E-state index < -0.39 is 0 Å². The average Bonchev–Trinajstić information content (AvgIpc) is 2.56. The minimum atomic E-state index is -0.370. The number of ether oxygens (including phenoxy) is 1. The highest BCUT2D eigenvalue weighted by Crippen LogP contribution is 2.38. The van der Waals surface area contributed by atoms with Gasteiger partial charge in [-0.3, -0.25) is 4.79 Å². The quantitative estimate of drug-likeness (QED) is 0.676. The number of hydrogen-bond acceptors (Lipinski definition) is 3. The zero-order valence-corrected chi connectivity index (χ0v) is 10.2. The SMILES string of the molecule is CCOC(=O)C(C)(C)SC1CCCC1. The Hall–Kier alpha value is -0.180. The number of hydrogen-bond donors (Lipinski definition) is 0. The van der Waals surface area contributed by atoms with Crippen molar-refractivity contribution in [2.45, 2.75) is 56.5 Å². The monoisotopic (exact) mass is 216 g/mol. The van der Waals surface area contributed by atoms with Gasteiger partial charge in [0, 0.05) is 5.25 Å². The maximum absolute atomic E-state index is 11.6. The molecule has 14 heavy (non-hydrogen) atoms. The lowest BCUT2D eigenvalue weighted by Crippen LogP contribution is -2.32. The molecule has 1 aliphatic carbocycles. The van der Waals surface area contributed by atoms with Gasteiger partial charge >= 0.3 is 5.97 Å². The minimum absolute atomic E-state index is 0.0723. The lowest BCUT2D eigenvalue weighted by molar-refractivity contribution is -0.145.